The van der Waals surface area contributed by atoms with Crippen LogP contribution in [0.5, 0.6) is 0 Å². The van der Waals surface area contributed by atoms with Gasteiger partial charge in [-0.3, -0.25) is 4.79 Å². The first kappa shape index (κ1) is 17.8. The molecule has 1 saturated carbocycles. The zero-order valence-corrected chi connectivity index (χ0v) is 13.7. The van der Waals surface area contributed by atoms with E-state index in [-0.39, 0.29) is 18.4 Å². The predicted molar refractivity (Wildman–Crippen MR) is 86.0 cm³/mol. The quantitative estimate of drug-likeness (QED) is 0.813. The highest BCUT2D eigenvalue weighted by Crippen LogP contribution is 2.27. The normalized spacial score (nSPS) is 26.5. The van der Waals surface area contributed by atoms with Crippen molar-refractivity contribution in [2.24, 2.45) is 17.6 Å². The zero-order chi connectivity index (χ0) is 13.7. The van der Waals surface area contributed by atoms with E-state index in [0.717, 1.165) is 25.9 Å². The molecule has 0 bridgehead atoms. The van der Waals surface area contributed by atoms with Gasteiger partial charge in [-0.15, -0.1) is 12.4 Å². The second-order valence-corrected chi connectivity index (χ2v) is 6.66. The van der Waals surface area contributed by atoms with E-state index in [4.69, 9.17) is 5.73 Å². The highest BCUT2D eigenvalue weighted by Gasteiger charge is 2.27. The number of halogens is 1. The van der Waals surface area contributed by atoms with Crippen LogP contribution in [0.2, 0.25) is 0 Å². The lowest BCUT2D eigenvalue weighted by molar-refractivity contribution is -0.134. The molecule has 4 heteroatoms. The summed E-state index contributed by atoms with van der Waals surface area (Å²) in [5.74, 6) is 1.54. The number of amides is 1. The molecule has 1 aliphatic carbocycles. The summed E-state index contributed by atoms with van der Waals surface area (Å²) in [5, 5.41) is 0. The number of hydrogen-bond donors (Lipinski definition) is 1. The van der Waals surface area contributed by atoms with Gasteiger partial charge in [0, 0.05) is 25.6 Å². The number of nitrogens with two attached hydrogens (primary N) is 1. The third-order valence-corrected chi connectivity index (χ3v) is 4.99. The van der Waals surface area contributed by atoms with Gasteiger partial charge in [-0.2, -0.15) is 0 Å². The van der Waals surface area contributed by atoms with Gasteiger partial charge in [0.15, 0.2) is 0 Å². The SMILES string of the molecule is CC(N)C1CCCN(C(=O)CC2CCCCCC2)C1.Cl. The van der Waals surface area contributed by atoms with Gasteiger partial charge >= 0.3 is 0 Å². The van der Waals surface area contributed by atoms with Crippen LogP contribution in [0.4, 0.5) is 0 Å². The van der Waals surface area contributed by atoms with Gasteiger partial charge in [-0.05, 0) is 44.4 Å². The number of hydrogen-bond acceptors (Lipinski definition) is 2. The van der Waals surface area contributed by atoms with Crippen LogP contribution in [0.1, 0.15) is 64.7 Å². The summed E-state index contributed by atoms with van der Waals surface area (Å²) in [6.07, 6.45) is 11.0. The summed E-state index contributed by atoms with van der Waals surface area (Å²) < 4.78 is 0. The third-order valence-electron chi connectivity index (χ3n) is 4.99. The van der Waals surface area contributed by atoms with Crippen molar-refractivity contribution < 1.29 is 4.79 Å². The van der Waals surface area contributed by atoms with Gasteiger partial charge in [0.05, 0.1) is 0 Å². The maximum absolute atomic E-state index is 12.4. The number of piperidine rings is 1. The Morgan fingerprint density at radius 2 is 1.80 bits per heavy atom. The Kier molecular flexibility index (Phi) is 7.90. The van der Waals surface area contributed by atoms with Crippen LogP contribution in [0.25, 0.3) is 0 Å². The molecular weight excluding hydrogens is 272 g/mol. The van der Waals surface area contributed by atoms with Crippen LogP contribution in [-0.2, 0) is 4.79 Å². The second kappa shape index (κ2) is 8.89. The monoisotopic (exact) mass is 302 g/mol. The molecule has 0 aromatic heterocycles. The van der Waals surface area contributed by atoms with E-state index in [1.807, 2.05) is 0 Å². The van der Waals surface area contributed by atoms with Crippen molar-refractivity contribution in [3.05, 3.63) is 0 Å². The standard InChI is InChI=1S/C16H30N2O.ClH/c1-13(17)15-9-6-10-18(12-15)16(19)11-14-7-4-2-3-5-8-14;/h13-15H,2-12,17H2,1H3;1H. The fraction of sp³-hybridized carbons (Fsp3) is 0.938. The lowest BCUT2D eigenvalue weighted by Crippen LogP contribution is -2.45. The Bertz CT molecular complexity index is 288. The summed E-state index contributed by atoms with van der Waals surface area (Å²) in [7, 11) is 0. The van der Waals surface area contributed by atoms with E-state index < -0.39 is 0 Å². The molecule has 0 aromatic rings. The van der Waals surface area contributed by atoms with E-state index >= 15 is 0 Å². The maximum atomic E-state index is 12.4. The van der Waals surface area contributed by atoms with Gasteiger partial charge in [0.2, 0.25) is 5.91 Å². The second-order valence-electron chi connectivity index (χ2n) is 6.66. The summed E-state index contributed by atoms with van der Waals surface area (Å²) in [6.45, 7) is 3.92. The number of carbonyl (C=O) groups excluding carboxylic acids is 1. The Morgan fingerprint density at radius 3 is 2.40 bits per heavy atom. The number of rotatable bonds is 3. The predicted octanol–water partition coefficient (Wildman–Crippen LogP) is 3.35. The van der Waals surface area contributed by atoms with Crippen LogP contribution in [0, 0.1) is 11.8 Å². The average molecular weight is 303 g/mol. The molecule has 3 nitrogen and oxygen atoms in total. The van der Waals surface area contributed by atoms with Gasteiger partial charge in [0.1, 0.15) is 0 Å². The van der Waals surface area contributed by atoms with Crippen LogP contribution in [0.3, 0.4) is 0 Å². The highest BCUT2D eigenvalue weighted by atomic mass is 35.5. The minimum Gasteiger partial charge on any atom is -0.342 e. The van der Waals surface area contributed by atoms with Crippen molar-refractivity contribution in [1.29, 1.82) is 0 Å². The molecule has 2 rings (SSSR count). The lowest BCUT2D eigenvalue weighted by atomic mass is 9.90. The van der Waals surface area contributed by atoms with E-state index in [2.05, 4.69) is 11.8 Å². The maximum Gasteiger partial charge on any atom is 0.222 e. The molecule has 1 saturated heterocycles. The molecule has 0 aromatic carbocycles. The van der Waals surface area contributed by atoms with Gasteiger partial charge in [-0.1, -0.05) is 25.7 Å². The molecule has 118 valence electrons. The summed E-state index contributed by atoms with van der Waals surface area (Å²) in [6, 6.07) is 0.216. The van der Waals surface area contributed by atoms with E-state index in [1.54, 1.807) is 0 Å². The largest absolute Gasteiger partial charge is 0.342 e. The third kappa shape index (κ3) is 5.25. The molecule has 2 fully saturated rings. The summed E-state index contributed by atoms with van der Waals surface area (Å²) in [4.78, 5) is 14.5. The van der Waals surface area contributed by atoms with Crippen LogP contribution in [-0.4, -0.2) is 29.9 Å². The molecule has 0 radical (unpaired) electrons. The van der Waals surface area contributed by atoms with Crippen molar-refractivity contribution in [2.75, 3.05) is 13.1 Å². The molecule has 2 atom stereocenters. The first-order chi connectivity index (χ1) is 9.16. The zero-order valence-electron chi connectivity index (χ0n) is 12.9. The van der Waals surface area contributed by atoms with E-state index in [0.29, 0.717) is 17.7 Å². The van der Waals surface area contributed by atoms with Crippen molar-refractivity contribution in [3.8, 4) is 0 Å². The molecule has 20 heavy (non-hydrogen) atoms. The van der Waals surface area contributed by atoms with Gasteiger partial charge < -0.3 is 10.6 Å². The van der Waals surface area contributed by atoms with E-state index in [1.165, 1.54) is 44.9 Å². The number of carbonyl (C=O) groups is 1. The van der Waals surface area contributed by atoms with Crippen molar-refractivity contribution in [3.63, 3.8) is 0 Å². The van der Waals surface area contributed by atoms with Crippen molar-refractivity contribution in [1.82, 2.24) is 4.90 Å². The van der Waals surface area contributed by atoms with E-state index in [9.17, 15) is 4.79 Å². The molecule has 2 aliphatic rings. The minimum absolute atomic E-state index is 0. The van der Waals surface area contributed by atoms with Gasteiger partial charge in [-0.25, -0.2) is 0 Å². The first-order valence-electron chi connectivity index (χ1n) is 8.20. The summed E-state index contributed by atoms with van der Waals surface area (Å²) in [5.41, 5.74) is 6.00. The van der Waals surface area contributed by atoms with Crippen LogP contribution >= 0.6 is 12.4 Å². The Balaban J connectivity index is 0.00000200. The number of likely N-dealkylation sites (tertiary alicyclic amines) is 1. The molecular formula is C16H31ClN2O. The molecule has 2 N–H and O–H groups in total. The van der Waals surface area contributed by atoms with Crippen molar-refractivity contribution >= 4 is 18.3 Å². The van der Waals surface area contributed by atoms with Gasteiger partial charge in [0.25, 0.3) is 0 Å². The van der Waals surface area contributed by atoms with Crippen LogP contribution < -0.4 is 5.73 Å². The molecule has 1 amide bonds. The van der Waals surface area contributed by atoms with Crippen molar-refractivity contribution in [2.45, 2.75) is 70.8 Å². The topological polar surface area (TPSA) is 46.3 Å². The molecule has 0 spiro atoms. The molecule has 1 aliphatic heterocycles. The highest BCUT2D eigenvalue weighted by molar-refractivity contribution is 5.85. The van der Waals surface area contributed by atoms with Crippen LogP contribution in [0.15, 0.2) is 0 Å². The lowest BCUT2D eigenvalue weighted by Gasteiger charge is -2.35. The minimum atomic E-state index is 0. The smallest absolute Gasteiger partial charge is 0.222 e. The molecule has 2 unspecified atom stereocenters. The fourth-order valence-electron chi connectivity index (χ4n) is 3.61. The summed E-state index contributed by atoms with van der Waals surface area (Å²) >= 11 is 0. The Morgan fingerprint density at radius 1 is 1.15 bits per heavy atom. The average Bonchev–Trinajstić information content (AvgIpc) is 2.67. The first-order valence-corrected chi connectivity index (χ1v) is 8.20. The molecule has 1 heterocycles. The Labute approximate surface area is 130 Å². The Hall–Kier alpha value is -0.280. The number of nitrogens with zero attached hydrogens (tertiary/aromatic N) is 1. The fourth-order valence-corrected chi connectivity index (χ4v) is 3.61.